The molecule has 96 valence electrons. The first-order chi connectivity index (χ1) is 9.02. The second-order valence-electron chi connectivity index (χ2n) is 4.31. The van der Waals surface area contributed by atoms with Crippen molar-refractivity contribution in [2.75, 3.05) is 4.90 Å². The van der Waals surface area contributed by atoms with E-state index in [-0.39, 0.29) is 11.5 Å². The van der Waals surface area contributed by atoms with Gasteiger partial charge in [0.05, 0.1) is 10.7 Å². The minimum absolute atomic E-state index is 0.159. The van der Waals surface area contributed by atoms with Gasteiger partial charge < -0.3 is 0 Å². The number of hydrogen-bond acceptors (Lipinski definition) is 2. The Morgan fingerprint density at radius 2 is 2.16 bits per heavy atom. The van der Waals surface area contributed by atoms with Crippen LogP contribution >= 0.6 is 11.6 Å². The van der Waals surface area contributed by atoms with Crippen LogP contribution < -0.4 is 4.90 Å². The van der Waals surface area contributed by atoms with Crippen LogP contribution in [0.2, 0.25) is 5.02 Å². The summed E-state index contributed by atoms with van der Waals surface area (Å²) in [6.07, 6.45) is 0.591. The van der Waals surface area contributed by atoms with Gasteiger partial charge in [0, 0.05) is 5.70 Å². The first kappa shape index (κ1) is 13.4. The van der Waals surface area contributed by atoms with Gasteiger partial charge >= 0.3 is 0 Å². The van der Waals surface area contributed by atoms with Gasteiger partial charge in [-0.2, -0.15) is 5.26 Å². The molecule has 2 rings (SSSR count). The summed E-state index contributed by atoms with van der Waals surface area (Å²) in [5, 5.41) is 9.61. The Balaban J connectivity index is 2.60. The molecule has 4 heteroatoms. The van der Waals surface area contributed by atoms with Crippen LogP contribution in [-0.4, -0.2) is 5.91 Å². The van der Waals surface area contributed by atoms with Crippen LogP contribution in [0, 0.1) is 18.3 Å². The lowest BCUT2D eigenvalue weighted by molar-refractivity contribution is -0.113. The van der Waals surface area contributed by atoms with E-state index in [1.54, 1.807) is 6.07 Å². The van der Waals surface area contributed by atoms with Gasteiger partial charge in [0.15, 0.2) is 0 Å². The maximum atomic E-state index is 12.3. The molecular formula is C15H13ClN2O. The Kier molecular flexibility index (Phi) is 3.46. The number of para-hydroxylation sites is 1. The van der Waals surface area contributed by atoms with Gasteiger partial charge in [-0.25, -0.2) is 0 Å². The summed E-state index contributed by atoms with van der Waals surface area (Å²) in [6.45, 7) is 7.70. The number of carbonyl (C=O) groups excluding carboxylic acids is 1. The lowest BCUT2D eigenvalue weighted by atomic mass is 10.1. The molecule has 1 heterocycles. The normalized spacial score (nSPS) is 15.2. The first-order valence-corrected chi connectivity index (χ1v) is 6.32. The zero-order chi connectivity index (χ0) is 14.2. The smallest absolute Gasteiger partial charge is 0.273 e. The SMILES string of the molecule is C=C1C(CC)=C(C#N)C(=O)N1c1c(C)cccc1Cl. The molecule has 0 unspecified atom stereocenters. The highest BCUT2D eigenvalue weighted by molar-refractivity contribution is 6.35. The van der Waals surface area contributed by atoms with Gasteiger partial charge in [-0.1, -0.05) is 37.2 Å². The first-order valence-electron chi connectivity index (χ1n) is 5.95. The molecule has 0 bridgehead atoms. The number of hydrogen-bond donors (Lipinski definition) is 0. The van der Waals surface area contributed by atoms with Crippen molar-refractivity contribution in [3.05, 3.63) is 52.2 Å². The van der Waals surface area contributed by atoms with Crippen molar-refractivity contribution in [1.82, 2.24) is 0 Å². The van der Waals surface area contributed by atoms with E-state index in [9.17, 15) is 4.79 Å². The molecule has 0 radical (unpaired) electrons. The van der Waals surface area contributed by atoms with Crippen molar-refractivity contribution in [2.24, 2.45) is 0 Å². The summed E-state index contributed by atoms with van der Waals surface area (Å²) in [4.78, 5) is 13.8. The zero-order valence-electron chi connectivity index (χ0n) is 10.8. The molecule has 0 fully saturated rings. The second kappa shape index (κ2) is 4.91. The average molecular weight is 273 g/mol. The van der Waals surface area contributed by atoms with Gasteiger partial charge in [0.25, 0.3) is 5.91 Å². The quantitative estimate of drug-likeness (QED) is 0.823. The highest BCUT2D eigenvalue weighted by Gasteiger charge is 2.35. The van der Waals surface area contributed by atoms with Crippen molar-refractivity contribution in [2.45, 2.75) is 20.3 Å². The lowest BCUT2D eigenvalue weighted by Crippen LogP contribution is -2.25. The molecule has 0 saturated heterocycles. The third kappa shape index (κ3) is 1.94. The molecule has 0 atom stereocenters. The highest BCUT2D eigenvalue weighted by Crippen LogP contribution is 2.39. The number of anilines is 1. The fourth-order valence-electron chi connectivity index (χ4n) is 2.28. The summed E-state index contributed by atoms with van der Waals surface area (Å²) < 4.78 is 0. The maximum absolute atomic E-state index is 12.3. The van der Waals surface area contributed by atoms with E-state index < -0.39 is 0 Å². The van der Waals surface area contributed by atoms with E-state index in [1.807, 2.05) is 32.0 Å². The van der Waals surface area contributed by atoms with Crippen molar-refractivity contribution in [3.63, 3.8) is 0 Å². The lowest BCUT2D eigenvalue weighted by Gasteiger charge is -2.22. The van der Waals surface area contributed by atoms with Crippen molar-refractivity contribution in [3.8, 4) is 6.07 Å². The highest BCUT2D eigenvalue weighted by atomic mass is 35.5. The van der Waals surface area contributed by atoms with Gasteiger partial charge in [-0.3, -0.25) is 9.69 Å². The summed E-state index contributed by atoms with van der Waals surface area (Å²) in [6, 6.07) is 7.39. The zero-order valence-corrected chi connectivity index (χ0v) is 11.6. The molecule has 1 amide bonds. The molecule has 0 aliphatic carbocycles. The predicted octanol–water partition coefficient (Wildman–Crippen LogP) is 3.74. The fourth-order valence-corrected chi connectivity index (χ4v) is 2.59. The molecular weight excluding hydrogens is 260 g/mol. The largest absolute Gasteiger partial charge is 0.275 e. The molecule has 19 heavy (non-hydrogen) atoms. The molecule has 0 aromatic heterocycles. The molecule has 3 nitrogen and oxygen atoms in total. The number of carbonyl (C=O) groups is 1. The Morgan fingerprint density at radius 3 is 2.63 bits per heavy atom. The van der Waals surface area contributed by atoms with Crippen LogP contribution in [0.4, 0.5) is 5.69 Å². The Labute approximate surface area is 117 Å². The molecule has 0 saturated carbocycles. The molecule has 0 spiro atoms. The predicted molar refractivity (Wildman–Crippen MR) is 75.7 cm³/mol. The van der Waals surface area contributed by atoms with Gasteiger partial charge in [-0.05, 0) is 30.5 Å². The summed E-state index contributed by atoms with van der Waals surface area (Å²) >= 11 is 6.19. The average Bonchev–Trinajstić information content (AvgIpc) is 2.61. The van der Waals surface area contributed by atoms with E-state index in [1.165, 1.54) is 4.90 Å². The van der Waals surface area contributed by atoms with E-state index in [2.05, 4.69) is 6.58 Å². The fraction of sp³-hybridized carbons (Fsp3) is 0.200. The summed E-state index contributed by atoms with van der Waals surface area (Å²) in [7, 11) is 0. The van der Waals surface area contributed by atoms with Crippen LogP contribution in [-0.2, 0) is 4.79 Å². The Morgan fingerprint density at radius 1 is 1.47 bits per heavy atom. The standard InChI is InChI=1S/C15H13ClN2O/c1-4-11-10(3)18(15(19)12(11)8-17)14-9(2)6-5-7-13(14)16/h5-7H,3-4H2,1-2H3. The third-order valence-corrected chi connectivity index (χ3v) is 3.52. The number of rotatable bonds is 2. The van der Waals surface area contributed by atoms with Gasteiger partial charge in [0.2, 0.25) is 0 Å². The number of nitrogens with zero attached hydrogens (tertiary/aromatic N) is 2. The van der Waals surface area contributed by atoms with E-state index in [4.69, 9.17) is 16.9 Å². The van der Waals surface area contributed by atoms with Crippen LogP contribution in [0.1, 0.15) is 18.9 Å². The molecule has 1 aliphatic heterocycles. The van der Waals surface area contributed by atoms with Crippen LogP contribution in [0.25, 0.3) is 0 Å². The van der Waals surface area contributed by atoms with Gasteiger partial charge in [-0.15, -0.1) is 0 Å². The number of amides is 1. The van der Waals surface area contributed by atoms with Gasteiger partial charge in [0.1, 0.15) is 11.6 Å². The number of aryl methyl sites for hydroxylation is 1. The van der Waals surface area contributed by atoms with Crippen molar-refractivity contribution >= 4 is 23.2 Å². The van der Waals surface area contributed by atoms with Crippen molar-refractivity contribution in [1.29, 1.82) is 5.26 Å². The minimum Gasteiger partial charge on any atom is -0.275 e. The second-order valence-corrected chi connectivity index (χ2v) is 4.72. The van der Waals surface area contributed by atoms with E-state index in [0.717, 1.165) is 5.56 Å². The molecule has 0 N–H and O–H groups in total. The molecule has 1 aromatic rings. The Hall–Kier alpha value is -2.05. The Bertz CT molecular complexity index is 632. The number of halogens is 1. The minimum atomic E-state index is -0.347. The monoisotopic (exact) mass is 272 g/mol. The molecule has 1 aromatic carbocycles. The number of nitriles is 1. The maximum Gasteiger partial charge on any atom is 0.273 e. The van der Waals surface area contributed by atoms with Crippen molar-refractivity contribution < 1.29 is 4.79 Å². The number of benzene rings is 1. The summed E-state index contributed by atoms with van der Waals surface area (Å²) in [5.74, 6) is -0.347. The number of allylic oxidation sites excluding steroid dienone is 1. The third-order valence-electron chi connectivity index (χ3n) is 3.21. The topological polar surface area (TPSA) is 44.1 Å². The van der Waals surface area contributed by atoms with Crippen LogP contribution in [0.3, 0.4) is 0 Å². The summed E-state index contributed by atoms with van der Waals surface area (Å²) in [5.41, 5.74) is 2.87. The van der Waals surface area contributed by atoms with Crippen LogP contribution in [0.15, 0.2) is 41.6 Å². The van der Waals surface area contributed by atoms with E-state index >= 15 is 0 Å². The molecule has 1 aliphatic rings. The van der Waals surface area contributed by atoms with Crippen LogP contribution in [0.5, 0.6) is 0 Å². The van der Waals surface area contributed by atoms with E-state index in [0.29, 0.717) is 28.4 Å².